The van der Waals surface area contributed by atoms with Crippen LogP contribution < -0.4 is 0 Å². The molecule has 0 bridgehead atoms. The van der Waals surface area contributed by atoms with E-state index in [2.05, 4.69) is 6.07 Å². The molecule has 2 aliphatic rings. The monoisotopic (exact) mass is 204 g/mol. The predicted molar refractivity (Wildman–Crippen MR) is 53.3 cm³/mol. The molecule has 0 N–H and O–H groups in total. The van der Waals surface area contributed by atoms with Gasteiger partial charge in [0.2, 0.25) is 0 Å². The lowest BCUT2D eigenvalue weighted by Gasteiger charge is -2.17. The maximum atomic E-state index is 11.6. The maximum absolute atomic E-state index is 11.6. The third kappa shape index (κ3) is 1.07. The van der Waals surface area contributed by atoms with Crippen molar-refractivity contribution in [3.8, 4) is 0 Å². The summed E-state index contributed by atoms with van der Waals surface area (Å²) in [5.74, 6) is -0.234. The van der Waals surface area contributed by atoms with Gasteiger partial charge in [-0.15, -0.1) is 0 Å². The van der Waals surface area contributed by atoms with Crippen molar-refractivity contribution in [1.82, 2.24) is 0 Å². The Hall–Kier alpha value is -1.35. The van der Waals surface area contributed by atoms with Gasteiger partial charge in [-0.1, -0.05) is 24.3 Å². The van der Waals surface area contributed by atoms with Crippen molar-refractivity contribution in [3.63, 3.8) is 0 Å². The normalized spacial score (nSPS) is 31.4. The van der Waals surface area contributed by atoms with Gasteiger partial charge in [-0.2, -0.15) is 0 Å². The number of methoxy groups -OCH3 is 1. The zero-order valence-corrected chi connectivity index (χ0v) is 8.53. The van der Waals surface area contributed by atoms with E-state index in [1.807, 2.05) is 18.2 Å². The molecule has 1 aliphatic carbocycles. The Morgan fingerprint density at radius 1 is 1.53 bits per heavy atom. The van der Waals surface area contributed by atoms with Crippen molar-refractivity contribution >= 4 is 5.97 Å². The van der Waals surface area contributed by atoms with Crippen molar-refractivity contribution in [2.24, 2.45) is 0 Å². The van der Waals surface area contributed by atoms with Gasteiger partial charge in [0.25, 0.3) is 0 Å². The highest BCUT2D eigenvalue weighted by molar-refractivity contribution is 5.84. The van der Waals surface area contributed by atoms with Gasteiger partial charge >= 0.3 is 5.97 Å². The first kappa shape index (κ1) is 8.92. The van der Waals surface area contributed by atoms with Crippen LogP contribution in [0.1, 0.15) is 23.7 Å². The van der Waals surface area contributed by atoms with E-state index in [9.17, 15) is 4.79 Å². The molecule has 2 atom stereocenters. The second-order valence-electron chi connectivity index (χ2n) is 4.08. The Labute approximate surface area is 88.0 Å². The Kier molecular flexibility index (Phi) is 1.68. The molecule has 3 rings (SSSR count). The highest BCUT2D eigenvalue weighted by atomic mass is 16.7. The van der Waals surface area contributed by atoms with Gasteiger partial charge in [0.05, 0.1) is 7.11 Å². The Morgan fingerprint density at radius 2 is 2.33 bits per heavy atom. The Bertz CT molecular complexity index is 427. The van der Waals surface area contributed by atoms with Gasteiger partial charge in [-0.05, 0) is 24.0 Å². The van der Waals surface area contributed by atoms with Gasteiger partial charge in [0.1, 0.15) is 6.10 Å². The fraction of sp³-hybridized carbons (Fsp3) is 0.417. The van der Waals surface area contributed by atoms with E-state index in [1.165, 1.54) is 12.7 Å². The standard InChI is InChI=1S/C12H12O3/c1-14-11(13)12-7-6-8-4-2-3-5-9(8)10(12)15-12/h2-5,10H,6-7H2,1H3/t10-,12+/m0/s1. The van der Waals surface area contributed by atoms with Crippen molar-refractivity contribution in [2.75, 3.05) is 7.11 Å². The van der Waals surface area contributed by atoms with Gasteiger partial charge in [0, 0.05) is 0 Å². The first-order chi connectivity index (χ1) is 7.28. The number of esters is 1. The number of hydrogen-bond donors (Lipinski definition) is 0. The molecule has 0 saturated carbocycles. The van der Waals surface area contributed by atoms with Crippen molar-refractivity contribution in [3.05, 3.63) is 35.4 Å². The number of carbonyl (C=O) groups is 1. The van der Waals surface area contributed by atoms with Gasteiger partial charge < -0.3 is 9.47 Å². The summed E-state index contributed by atoms with van der Waals surface area (Å²) < 4.78 is 10.4. The van der Waals surface area contributed by atoms with Crippen LogP contribution in [-0.4, -0.2) is 18.7 Å². The summed E-state index contributed by atoms with van der Waals surface area (Å²) in [6.45, 7) is 0. The van der Waals surface area contributed by atoms with E-state index in [4.69, 9.17) is 9.47 Å². The second kappa shape index (κ2) is 2.83. The molecule has 1 aliphatic heterocycles. The molecule has 3 nitrogen and oxygen atoms in total. The quantitative estimate of drug-likeness (QED) is 0.515. The molecule has 0 unspecified atom stereocenters. The average molecular weight is 204 g/mol. The number of hydrogen-bond acceptors (Lipinski definition) is 3. The number of epoxide rings is 1. The van der Waals surface area contributed by atoms with E-state index < -0.39 is 5.60 Å². The largest absolute Gasteiger partial charge is 0.467 e. The molecule has 3 heteroatoms. The number of fused-ring (bicyclic) bond motifs is 3. The van der Waals surface area contributed by atoms with Crippen LogP contribution >= 0.6 is 0 Å². The summed E-state index contributed by atoms with van der Waals surface area (Å²) in [7, 11) is 1.41. The smallest absolute Gasteiger partial charge is 0.341 e. The third-order valence-electron chi connectivity index (χ3n) is 3.33. The van der Waals surface area contributed by atoms with Crippen LogP contribution in [0.5, 0.6) is 0 Å². The minimum absolute atomic E-state index is 0.0742. The topological polar surface area (TPSA) is 38.8 Å². The first-order valence-electron chi connectivity index (χ1n) is 5.12. The highest BCUT2D eigenvalue weighted by Crippen LogP contribution is 2.56. The van der Waals surface area contributed by atoms with Gasteiger partial charge in [-0.25, -0.2) is 4.79 Å². The van der Waals surface area contributed by atoms with E-state index >= 15 is 0 Å². The molecule has 78 valence electrons. The van der Waals surface area contributed by atoms with Crippen LogP contribution in [-0.2, 0) is 20.7 Å². The van der Waals surface area contributed by atoms with E-state index in [0.717, 1.165) is 18.4 Å². The molecule has 1 saturated heterocycles. The third-order valence-corrected chi connectivity index (χ3v) is 3.33. The van der Waals surface area contributed by atoms with Crippen molar-refractivity contribution in [1.29, 1.82) is 0 Å². The zero-order valence-electron chi connectivity index (χ0n) is 8.53. The van der Waals surface area contributed by atoms with Gasteiger partial charge in [-0.3, -0.25) is 0 Å². The van der Waals surface area contributed by atoms with E-state index in [1.54, 1.807) is 0 Å². The molecule has 0 radical (unpaired) electrons. The molecule has 1 heterocycles. The number of aryl methyl sites for hydroxylation is 1. The lowest BCUT2D eigenvalue weighted by Crippen LogP contribution is -2.30. The van der Waals surface area contributed by atoms with Crippen LogP contribution in [0.4, 0.5) is 0 Å². The van der Waals surface area contributed by atoms with E-state index in [-0.39, 0.29) is 12.1 Å². The summed E-state index contributed by atoms with van der Waals surface area (Å²) in [5.41, 5.74) is 1.78. The van der Waals surface area contributed by atoms with Crippen LogP contribution in [0.25, 0.3) is 0 Å². The summed E-state index contributed by atoms with van der Waals surface area (Å²) in [6, 6.07) is 8.13. The highest BCUT2D eigenvalue weighted by Gasteiger charge is 2.65. The first-order valence-corrected chi connectivity index (χ1v) is 5.12. The summed E-state index contributed by atoms with van der Waals surface area (Å²) in [4.78, 5) is 11.6. The number of ether oxygens (including phenoxy) is 2. The SMILES string of the molecule is COC(=O)[C@@]12CCc3ccccc3[C@@H]1O2. The fourth-order valence-electron chi connectivity index (χ4n) is 2.45. The van der Waals surface area contributed by atoms with Crippen LogP contribution in [0.3, 0.4) is 0 Å². The number of rotatable bonds is 1. The molecule has 0 spiro atoms. The molecular weight excluding hydrogens is 192 g/mol. The molecule has 1 aromatic carbocycles. The lowest BCUT2D eigenvalue weighted by atomic mass is 9.84. The summed E-state index contributed by atoms with van der Waals surface area (Å²) in [6.07, 6.45) is 1.55. The summed E-state index contributed by atoms with van der Waals surface area (Å²) in [5, 5.41) is 0. The summed E-state index contributed by atoms with van der Waals surface area (Å²) >= 11 is 0. The van der Waals surface area contributed by atoms with Crippen LogP contribution in [0.2, 0.25) is 0 Å². The molecule has 0 amide bonds. The van der Waals surface area contributed by atoms with E-state index in [0.29, 0.717) is 0 Å². The average Bonchev–Trinajstić information content (AvgIpc) is 3.04. The Balaban J connectivity index is 1.98. The zero-order chi connectivity index (χ0) is 10.5. The fourth-order valence-corrected chi connectivity index (χ4v) is 2.45. The molecule has 15 heavy (non-hydrogen) atoms. The molecular formula is C12H12O3. The number of carbonyl (C=O) groups excluding carboxylic acids is 1. The lowest BCUT2D eigenvalue weighted by molar-refractivity contribution is -0.147. The number of benzene rings is 1. The van der Waals surface area contributed by atoms with Crippen LogP contribution in [0.15, 0.2) is 24.3 Å². The second-order valence-corrected chi connectivity index (χ2v) is 4.08. The predicted octanol–water partition coefficient (Wildman–Crippen LogP) is 1.62. The van der Waals surface area contributed by atoms with Crippen molar-refractivity contribution < 1.29 is 14.3 Å². The molecule has 1 fully saturated rings. The van der Waals surface area contributed by atoms with Crippen molar-refractivity contribution in [2.45, 2.75) is 24.5 Å². The molecule has 1 aromatic rings. The van der Waals surface area contributed by atoms with Gasteiger partial charge in [0.15, 0.2) is 5.60 Å². The minimum Gasteiger partial charge on any atom is -0.467 e. The maximum Gasteiger partial charge on any atom is 0.341 e. The molecule has 0 aromatic heterocycles. The van der Waals surface area contributed by atoms with Crippen LogP contribution in [0, 0.1) is 0 Å². The Morgan fingerprint density at radius 3 is 3.13 bits per heavy atom. The minimum atomic E-state index is -0.664.